The lowest BCUT2D eigenvalue weighted by atomic mass is 10.1. The monoisotopic (exact) mass is 427 g/mol. The molecule has 1 aliphatic heterocycles. The van der Waals surface area contributed by atoms with E-state index in [4.69, 9.17) is 0 Å². The number of imidazole rings is 1. The average Bonchev–Trinajstić information content (AvgIpc) is 3.19. The minimum atomic E-state index is -0.257. The van der Waals surface area contributed by atoms with E-state index in [9.17, 15) is 9.59 Å². The van der Waals surface area contributed by atoms with Crippen molar-refractivity contribution in [3.8, 4) is 0 Å². The molecule has 0 spiro atoms. The zero-order chi connectivity index (χ0) is 21.9. The van der Waals surface area contributed by atoms with Crippen LogP contribution >= 0.6 is 0 Å². The molecule has 1 aromatic heterocycles. The summed E-state index contributed by atoms with van der Waals surface area (Å²) in [7, 11) is 0. The molecule has 162 valence electrons. The van der Waals surface area contributed by atoms with Gasteiger partial charge in [0, 0.05) is 31.9 Å². The standard InChI is InChI=1S/C25H25N5O2/c31-24(15-18-7-3-1-4-8-18)26-22-16-20-21(28-25(32)27-20)17-23(22)30-13-11-29(12-14-30)19-9-5-2-6-10-19/h1-10,16-17H,11-15H2,(H,26,31)(H2,27,28,32). The van der Waals surface area contributed by atoms with Crippen molar-refractivity contribution in [3.05, 3.63) is 88.8 Å². The Morgan fingerprint density at radius 1 is 0.812 bits per heavy atom. The molecule has 0 atom stereocenters. The van der Waals surface area contributed by atoms with Gasteiger partial charge in [0.1, 0.15) is 0 Å². The number of H-pyrrole nitrogens is 2. The number of hydrogen-bond acceptors (Lipinski definition) is 4. The Balaban J connectivity index is 1.39. The number of nitrogens with one attached hydrogen (secondary N) is 3. The van der Waals surface area contributed by atoms with Crippen molar-refractivity contribution < 1.29 is 4.79 Å². The molecule has 1 aliphatic rings. The molecule has 2 heterocycles. The molecule has 7 nitrogen and oxygen atoms in total. The van der Waals surface area contributed by atoms with Crippen molar-refractivity contribution in [2.75, 3.05) is 41.3 Å². The SMILES string of the molecule is O=C(Cc1ccccc1)Nc1cc2[nH]c(=O)[nH]c2cc1N1CCN(c2ccccc2)CC1. The van der Waals surface area contributed by atoms with Crippen molar-refractivity contribution in [1.29, 1.82) is 0 Å². The van der Waals surface area contributed by atoms with Gasteiger partial charge in [0.05, 0.1) is 28.8 Å². The van der Waals surface area contributed by atoms with E-state index < -0.39 is 0 Å². The van der Waals surface area contributed by atoms with Crippen molar-refractivity contribution >= 4 is 34.0 Å². The minimum Gasteiger partial charge on any atom is -0.368 e. The van der Waals surface area contributed by atoms with Crippen LogP contribution in [0.4, 0.5) is 17.1 Å². The number of hydrogen-bond donors (Lipinski definition) is 3. The van der Waals surface area contributed by atoms with E-state index in [1.54, 1.807) is 0 Å². The number of para-hydroxylation sites is 1. The Bertz CT molecular complexity index is 1270. The molecule has 1 saturated heterocycles. The van der Waals surface area contributed by atoms with Crippen LogP contribution in [0.1, 0.15) is 5.56 Å². The number of piperazine rings is 1. The number of benzene rings is 3. The zero-order valence-corrected chi connectivity index (χ0v) is 17.7. The van der Waals surface area contributed by atoms with E-state index >= 15 is 0 Å². The van der Waals surface area contributed by atoms with Gasteiger partial charge >= 0.3 is 5.69 Å². The van der Waals surface area contributed by atoms with E-state index in [-0.39, 0.29) is 11.6 Å². The molecule has 32 heavy (non-hydrogen) atoms. The molecule has 5 rings (SSSR count). The van der Waals surface area contributed by atoms with Crippen molar-refractivity contribution in [2.45, 2.75) is 6.42 Å². The van der Waals surface area contributed by atoms with E-state index in [2.05, 4.69) is 49.4 Å². The predicted octanol–water partition coefficient (Wildman–Crippen LogP) is 3.36. The van der Waals surface area contributed by atoms with E-state index in [1.165, 1.54) is 5.69 Å². The summed E-state index contributed by atoms with van der Waals surface area (Å²) in [4.78, 5) is 34.9. The van der Waals surface area contributed by atoms with Crippen molar-refractivity contribution in [3.63, 3.8) is 0 Å². The highest BCUT2D eigenvalue weighted by Crippen LogP contribution is 2.31. The third-order valence-corrected chi connectivity index (χ3v) is 5.86. The van der Waals surface area contributed by atoms with Crippen LogP contribution in [0.15, 0.2) is 77.6 Å². The number of carbonyl (C=O) groups excluding carboxylic acids is 1. The van der Waals surface area contributed by atoms with Crippen molar-refractivity contribution in [2.24, 2.45) is 0 Å². The number of amides is 1. The maximum atomic E-state index is 12.8. The molecule has 3 aromatic carbocycles. The molecule has 3 N–H and O–H groups in total. The lowest BCUT2D eigenvalue weighted by Crippen LogP contribution is -2.46. The van der Waals surface area contributed by atoms with Crippen LogP contribution in [0.3, 0.4) is 0 Å². The van der Waals surface area contributed by atoms with E-state index in [1.807, 2.05) is 48.5 Å². The van der Waals surface area contributed by atoms with E-state index in [0.717, 1.165) is 42.9 Å². The second-order valence-electron chi connectivity index (χ2n) is 8.01. The smallest absolute Gasteiger partial charge is 0.323 e. The van der Waals surface area contributed by atoms with Gasteiger partial charge in [-0.2, -0.15) is 0 Å². The summed E-state index contributed by atoms with van der Waals surface area (Å²) < 4.78 is 0. The van der Waals surface area contributed by atoms with Gasteiger partial charge in [-0.05, 0) is 29.8 Å². The Morgan fingerprint density at radius 3 is 2.09 bits per heavy atom. The topological polar surface area (TPSA) is 84.2 Å². The number of carbonyl (C=O) groups is 1. The lowest BCUT2D eigenvalue weighted by Gasteiger charge is -2.38. The first kappa shape index (κ1) is 19.9. The number of fused-ring (bicyclic) bond motifs is 1. The van der Waals surface area contributed by atoms with E-state index in [0.29, 0.717) is 17.6 Å². The molecular formula is C25H25N5O2. The first-order valence-electron chi connectivity index (χ1n) is 10.8. The highest BCUT2D eigenvalue weighted by molar-refractivity contribution is 5.99. The third-order valence-electron chi connectivity index (χ3n) is 5.86. The summed E-state index contributed by atoms with van der Waals surface area (Å²) in [6.45, 7) is 3.39. The first-order valence-corrected chi connectivity index (χ1v) is 10.8. The Kier molecular flexibility index (Phi) is 5.37. The molecule has 0 aliphatic carbocycles. The third kappa shape index (κ3) is 4.23. The highest BCUT2D eigenvalue weighted by atomic mass is 16.1. The van der Waals surface area contributed by atoms with Gasteiger partial charge in [-0.25, -0.2) is 4.79 Å². The van der Waals surface area contributed by atoms with Gasteiger partial charge in [0.15, 0.2) is 0 Å². The molecule has 1 fully saturated rings. The lowest BCUT2D eigenvalue weighted by molar-refractivity contribution is -0.115. The normalized spacial score (nSPS) is 14.0. The summed E-state index contributed by atoms with van der Waals surface area (Å²) in [5.41, 5.74) is 4.96. The second kappa shape index (κ2) is 8.63. The second-order valence-corrected chi connectivity index (χ2v) is 8.01. The van der Waals surface area contributed by atoms with Crippen LogP contribution in [0.25, 0.3) is 11.0 Å². The Morgan fingerprint density at radius 2 is 1.41 bits per heavy atom. The van der Waals surface area contributed by atoms with Gasteiger partial charge in [-0.3, -0.25) is 4.79 Å². The average molecular weight is 428 g/mol. The van der Waals surface area contributed by atoms with Crippen LogP contribution in [0.5, 0.6) is 0 Å². The molecule has 0 unspecified atom stereocenters. The molecule has 1 amide bonds. The number of nitrogens with zero attached hydrogens (tertiary/aromatic N) is 2. The molecule has 0 radical (unpaired) electrons. The predicted molar refractivity (Wildman–Crippen MR) is 129 cm³/mol. The van der Waals surface area contributed by atoms with Crippen LogP contribution in [0, 0.1) is 0 Å². The maximum absolute atomic E-state index is 12.8. The number of rotatable bonds is 5. The maximum Gasteiger partial charge on any atom is 0.323 e. The quantitative estimate of drug-likeness (QED) is 0.456. The van der Waals surface area contributed by atoms with Crippen LogP contribution in [-0.2, 0) is 11.2 Å². The van der Waals surface area contributed by atoms with Gasteiger partial charge in [-0.15, -0.1) is 0 Å². The van der Waals surface area contributed by atoms with Crippen LogP contribution < -0.4 is 20.8 Å². The Hall–Kier alpha value is -4.00. The molecular weight excluding hydrogens is 402 g/mol. The molecule has 0 bridgehead atoms. The van der Waals surface area contributed by atoms with Crippen LogP contribution in [-0.4, -0.2) is 42.1 Å². The van der Waals surface area contributed by atoms with Gasteiger partial charge in [-0.1, -0.05) is 48.5 Å². The fraction of sp³-hybridized carbons (Fsp3) is 0.200. The summed E-state index contributed by atoms with van der Waals surface area (Å²) >= 11 is 0. The molecule has 4 aromatic rings. The summed E-state index contributed by atoms with van der Waals surface area (Å²) in [6.07, 6.45) is 0.295. The summed E-state index contributed by atoms with van der Waals surface area (Å²) in [5, 5.41) is 3.07. The van der Waals surface area contributed by atoms with Crippen LogP contribution in [0.2, 0.25) is 0 Å². The number of aromatic amines is 2. The van der Waals surface area contributed by atoms with Crippen molar-refractivity contribution in [1.82, 2.24) is 9.97 Å². The largest absolute Gasteiger partial charge is 0.368 e. The fourth-order valence-electron chi connectivity index (χ4n) is 4.25. The molecule has 0 saturated carbocycles. The highest BCUT2D eigenvalue weighted by Gasteiger charge is 2.21. The van der Waals surface area contributed by atoms with Gasteiger partial charge in [0.2, 0.25) is 5.91 Å². The Labute approximate surface area is 185 Å². The number of anilines is 3. The van der Waals surface area contributed by atoms with Gasteiger partial charge < -0.3 is 25.1 Å². The summed E-state index contributed by atoms with van der Waals surface area (Å²) in [6, 6.07) is 23.8. The zero-order valence-electron chi connectivity index (χ0n) is 17.7. The first-order chi connectivity index (χ1) is 15.7. The minimum absolute atomic E-state index is 0.0856. The number of aromatic nitrogens is 2. The summed E-state index contributed by atoms with van der Waals surface area (Å²) in [5.74, 6) is -0.0856. The van der Waals surface area contributed by atoms with Gasteiger partial charge in [0.25, 0.3) is 0 Å². The molecule has 7 heteroatoms. The fourth-order valence-corrected chi connectivity index (χ4v) is 4.25.